The number of hydrogen-bond donors (Lipinski definition) is 3. The number of aromatic nitrogens is 1. The number of hydrogen-bond acceptors (Lipinski definition) is 2. The highest BCUT2D eigenvalue weighted by Crippen LogP contribution is 2.44. The van der Waals surface area contributed by atoms with Crippen molar-refractivity contribution in [2.75, 3.05) is 6.61 Å². The van der Waals surface area contributed by atoms with Crippen LogP contribution in [-0.4, -0.2) is 26.5 Å². The fraction of sp³-hybridized carbons (Fsp3) is 0.385. The first-order valence-electron chi connectivity index (χ1n) is 6.04. The maximum atomic E-state index is 9.41. The molecule has 1 aromatic heterocycles. The molecule has 2 heterocycles. The van der Waals surface area contributed by atoms with Gasteiger partial charge in [-0.25, -0.2) is 0 Å². The summed E-state index contributed by atoms with van der Waals surface area (Å²) in [5, 5.41) is 13.7. The number of fused-ring (bicyclic) bond motifs is 3. The van der Waals surface area contributed by atoms with Crippen LogP contribution < -0.4 is 5.32 Å². The Hall–Kier alpha value is -0.450. The van der Waals surface area contributed by atoms with Gasteiger partial charge in [0, 0.05) is 22.6 Å². The van der Waals surface area contributed by atoms with Crippen molar-refractivity contribution in [2.24, 2.45) is 0 Å². The Balaban J connectivity index is 2.18. The van der Waals surface area contributed by atoms with Crippen LogP contribution in [0.4, 0.5) is 0 Å². The maximum Gasteiger partial charge on any atom is 0.211 e. The Labute approximate surface area is 125 Å². The van der Waals surface area contributed by atoms with Crippen molar-refractivity contribution >= 4 is 45.7 Å². The first kappa shape index (κ1) is 13.5. The van der Waals surface area contributed by atoms with E-state index >= 15 is 0 Å². The fourth-order valence-corrected chi connectivity index (χ4v) is 3.20. The Morgan fingerprint density at radius 3 is 2.68 bits per heavy atom. The number of aliphatic hydroxyl groups is 1. The number of nitrogens with one attached hydrogen (secondary N) is 2. The lowest BCUT2D eigenvalue weighted by Crippen LogP contribution is -2.46. The second-order valence-corrected chi connectivity index (χ2v) is 7.16. The SMILES string of the molecule is OC[C@@H]1Cc2c([nH]c3ccccc23)C(C(Cl)(Cl)Cl)N1. The van der Waals surface area contributed by atoms with E-state index in [1.54, 1.807) is 0 Å². The van der Waals surface area contributed by atoms with Gasteiger partial charge in [0.1, 0.15) is 0 Å². The van der Waals surface area contributed by atoms with Crippen molar-refractivity contribution in [3.05, 3.63) is 35.5 Å². The molecule has 6 heteroatoms. The van der Waals surface area contributed by atoms with Gasteiger partial charge in [0.05, 0.1) is 12.6 Å². The van der Waals surface area contributed by atoms with Gasteiger partial charge in [0.2, 0.25) is 3.79 Å². The van der Waals surface area contributed by atoms with Crippen LogP contribution in [0, 0.1) is 0 Å². The van der Waals surface area contributed by atoms with Gasteiger partial charge in [0.15, 0.2) is 0 Å². The average Bonchev–Trinajstić information content (AvgIpc) is 2.74. The first-order valence-corrected chi connectivity index (χ1v) is 7.17. The van der Waals surface area contributed by atoms with Crippen LogP contribution in [-0.2, 0) is 6.42 Å². The minimum atomic E-state index is -1.47. The van der Waals surface area contributed by atoms with Crippen LogP contribution in [0.5, 0.6) is 0 Å². The molecule has 0 saturated heterocycles. The molecular weight excluding hydrogens is 307 g/mol. The van der Waals surface area contributed by atoms with Crippen molar-refractivity contribution < 1.29 is 5.11 Å². The third kappa shape index (κ3) is 2.34. The van der Waals surface area contributed by atoms with Gasteiger partial charge in [-0.1, -0.05) is 53.0 Å². The second-order valence-electron chi connectivity index (χ2n) is 4.79. The lowest BCUT2D eigenvalue weighted by molar-refractivity contribution is 0.223. The minimum Gasteiger partial charge on any atom is -0.395 e. The van der Waals surface area contributed by atoms with Crippen LogP contribution in [0.1, 0.15) is 17.3 Å². The summed E-state index contributed by atoms with van der Waals surface area (Å²) in [5.41, 5.74) is 3.03. The summed E-state index contributed by atoms with van der Waals surface area (Å²) in [4.78, 5) is 3.32. The van der Waals surface area contributed by atoms with Gasteiger partial charge < -0.3 is 10.1 Å². The zero-order chi connectivity index (χ0) is 13.6. The van der Waals surface area contributed by atoms with E-state index in [4.69, 9.17) is 34.8 Å². The summed E-state index contributed by atoms with van der Waals surface area (Å²) < 4.78 is -1.47. The molecule has 0 amide bonds. The number of alkyl halides is 3. The van der Waals surface area contributed by atoms with Gasteiger partial charge in [-0.15, -0.1) is 0 Å². The zero-order valence-electron chi connectivity index (χ0n) is 9.96. The molecule has 0 aliphatic carbocycles. The van der Waals surface area contributed by atoms with Crippen molar-refractivity contribution in [2.45, 2.75) is 22.3 Å². The topological polar surface area (TPSA) is 48.0 Å². The van der Waals surface area contributed by atoms with Gasteiger partial charge in [-0.2, -0.15) is 0 Å². The van der Waals surface area contributed by atoms with Crippen LogP contribution in [0.15, 0.2) is 24.3 Å². The number of aliphatic hydroxyl groups excluding tert-OH is 1. The zero-order valence-corrected chi connectivity index (χ0v) is 12.2. The molecule has 2 atom stereocenters. The summed E-state index contributed by atoms with van der Waals surface area (Å²) in [7, 11) is 0. The molecule has 0 bridgehead atoms. The molecule has 19 heavy (non-hydrogen) atoms. The molecule has 0 radical (unpaired) electrons. The molecule has 0 spiro atoms. The van der Waals surface area contributed by atoms with Crippen LogP contribution in [0.2, 0.25) is 0 Å². The maximum absolute atomic E-state index is 9.41. The number of H-pyrrole nitrogens is 1. The number of para-hydroxylation sites is 1. The normalized spacial score (nSPS) is 23.6. The number of rotatable bonds is 1. The van der Waals surface area contributed by atoms with Crippen LogP contribution >= 0.6 is 34.8 Å². The third-order valence-electron chi connectivity index (χ3n) is 3.54. The highest BCUT2D eigenvalue weighted by Gasteiger charge is 2.41. The minimum absolute atomic E-state index is 0.0101. The van der Waals surface area contributed by atoms with Crippen molar-refractivity contribution in [1.82, 2.24) is 10.3 Å². The van der Waals surface area contributed by atoms with Gasteiger partial charge >= 0.3 is 0 Å². The predicted molar refractivity (Wildman–Crippen MR) is 79.0 cm³/mol. The number of aromatic amines is 1. The number of halogens is 3. The van der Waals surface area contributed by atoms with Crippen molar-refractivity contribution in [1.29, 1.82) is 0 Å². The van der Waals surface area contributed by atoms with Crippen molar-refractivity contribution in [3.63, 3.8) is 0 Å². The van der Waals surface area contributed by atoms with Crippen molar-refractivity contribution in [3.8, 4) is 0 Å². The Bertz CT molecular complexity index is 605. The van der Waals surface area contributed by atoms with Crippen LogP contribution in [0.25, 0.3) is 10.9 Å². The molecule has 102 valence electrons. The molecule has 3 nitrogen and oxygen atoms in total. The van der Waals surface area contributed by atoms with E-state index in [0.29, 0.717) is 6.42 Å². The van der Waals surface area contributed by atoms with E-state index in [9.17, 15) is 5.11 Å². The highest BCUT2D eigenvalue weighted by atomic mass is 35.6. The van der Waals surface area contributed by atoms with E-state index in [2.05, 4.69) is 10.3 Å². The first-order chi connectivity index (χ1) is 9.00. The van der Waals surface area contributed by atoms with Gasteiger partial charge in [0.25, 0.3) is 0 Å². The van der Waals surface area contributed by atoms with E-state index in [1.165, 1.54) is 0 Å². The standard InChI is InChI=1S/C13H13Cl3N2O/c14-13(15,16)12-11-9(5-7(6-19)17-12)8-3-1-2-4-10(8)18-11/h1-4,7,12,17-19H,5-6H2/t7-,12?/m0/s1. The van der Waals surface area contributed by atoms with E-state index in [-0.39, 0.29) is 12.6 Å². The second kappa shape index (κ2) is 4.83. The smallest absolute Gasteiger partial charge is 0.211 e. The van der Waals surface area contributed by atoms with Gasteiger partial charge in [-0.05, 0) is 18.1 Å². The lowest BCUT2D eigenvalue weighted by Gasteiger charge is -2.34. The monoisotopic (exact) mass is 318 g/mol. The molecule has 1 aliphatic rings. The summed E-state index contributed by atoms with van der Waals surface area (Å²) >= 11 is 18.2. The Morgan fingerprint density at radius 1 is 1.26 bits per heavy atom. The predicted octanol–water partition coefficient (Wildman–Crippen LogP) is 3.09. The number of benzene rings is 1. The van der Waals surface area contributed by atoms with E-state index in [1.807, 2.05) is 24.3 Å². The molecule has 2 aromatic rings. The fourth-order valence-electron chi connectivity index (χ4n) is 2.69. The van der Waals surface area contributed by atoms with Gasteiger partial charge in [-0.3, -0.25) is 5.32 Å². The summed E-state index contributed by atoms with van der Waals surface area (Å²) in [6.07, 6.45) is 0.715. The molecule has 0 saturated carbocycles. The summed E-state index contributed by atoms with van der Waals surface area (Å²) in [6, 6.07) is 7.43. The average molecular weight is 320 g/mol. The molecule has 1 aromatic carbocycles. The van der Waals surface area contributed by atoms with Crippen LogP contribution in [0.3, 0.4) is 0 Å². The Kier molecular flexibility index (Phi) is 3.44. The molecule has 0 fully saturated rings. The molecule has 3 rings (SSSR count). The largest absolute Gasteiger partial charge is 0.395 e. The van der Waals surface area contributed by atoms with E-state index in [0.717, 1.165) is 22.2 Å². The lowest BCUT2D eigenvalue weighted by atomic mass is 9.95. The Morgan fingerprint density at radius 2 is 2.00 bits per heavy atom. The molecule has 1 unspecified atom stereocenters. The molecular formula is C13H13Cl3N2O. The molecule has 3 N–H and O–H groups in total. The third-order valence-corrected chi connectivity index (χ3v) is 4.19. The molecule has 1 aliphatic heterocycles. The summed E-state index contributed by atoms with van der Waals surface area (Å²) in [5.74, 6) is 0. The summed E-state index contributed by atoms with van der Waals surface area (Å²) in [6.45, 7) is 0.0101. The van der Waals surface area contributed by atoms with E-state index < -0.39 is 9.83 Å². The quantitative estimate of drug-likeness (QED) is 0.707. The highest BCUT2D eigenvalue weighted by molar-refractivity contribution is 6.68.